The van der Waals surface area contributed by atoms with Gasteiger partial charge in [0, 0.05) is 32.0 Å². The zero-order valence-corrected chi connectivity index (χ0v) is 9.25. The van der Waals surface area contributed by atoms with Gasteiger partial charge >= 0.3 is 0 Å². The summed E-state index contributed by atoms with van der Waals surface area (Å²) in [4.78, 5) is 0. The number of aryl methyl sites for hydroxylation is 1. The highest BCUT2D eigenvalue weighted by Crippen LogP contribution is 2.06. The number of nitrogens with one attached hydrogen (secondary N) is 1. The van der Waals surface area contributed by atoms with E-state index in [1.54, 1.807) is 0 Å². The van der Waals surface area contributed by atoms with Gasteiger partial charge < -0.3 is 15.0 Å². The minimum Gasteiger partial charge on any atom is -0.389 e. The number of aromatic nitrogens is 1. The Morgan fingerprint density at radius 3 is 2.79 bits per heavy atom. The average molecular weight is 196 g/mol. The molecule has 1 rings (SSSR count). The van der Waals surface area contributed by atoms with Crippen molar-refractivity contribution in [3.05, 3.63) is 24.0 Å². The third-order valence-corrected chi connectivity index (χ3v) is 2.62. The SMILES string of the molecule is CC[C@@](C)(O)CNCc1cccn1C. The monoisotopic (exact) mass is 196 g/mol. The molecule has 80 valence electrons. The Balaban J connectivity index is 2.32. The molecule has 0 spiro atoms. The van der Waals surface area contributed by atoms with Crippen LogP contribution in [0.2, 0.25) is 0 Å². The number of rotatable bonds is 5. The molecule has 0 aliphatic carbocycles. The molecule has 0 aromatic carbocycles. The molecule has 0 aliphatic heterocycles. The molecule has 0 saturated carbocycles. The van der Waals surface area contributed by atoms with Crippen LogP contribution in [0, 0.1) is 0 Å². The van der Waals surface area contributed by atoms with Gasteiger partial charge in [0.05, 0.1) is 5.60 Å². The minimum absolute atomic E-state index is 0.592. The fraction of sp³-hybridized carbons (Fsp3) is 0.636. The van der Waals surface area contributed by atoms with Crippen LogP contribution < -0.4 is 5.32 Å². The summed E-state index contributed by atoms with van der Waals surface area (Å²) in [5.74, 6) is 0. The molecule has 0 aliphatic rings. The number of hydrogen-bond donors (Lipinski definition) is 2. The molecule has 0 saturated heterocycles. The minimum atomic E-state index is -0.592. The van der Waals surface area contributed by atoms with E-state index in [1.165, 1.54) is 5.69 Å². The fourth-order valence-corrected chi connectivity index (χ4v) is 1.27. The Bertz CT molecular complexity index is 279. The first-order chi connectivity index (χ1) is 6.55. The first-order valence-corrected chi connectivity index (χ1v) is 5.08. The molecule has 1 aromatic rings. The Hall–Kier alpha value is -0.800. The second-order valence-electron chi connectivity index (χ2n) is 4.06. The van der Waals surface area contributed by atoms with Gasteiger partial charge in [0.25, 0.3) is 0 Å². The molecule has 3 heteroatoms. The zero-order chi connectivity index (χ0) is 10.6. The summed E-state index contributed by atoms with van der Waals surface area (Å²) in [6.07, 6.45) is 2.79. The van der Waals surface area contributed by atoms with Crippen LogP contribution in [-0.2, 0) is 13.6 Å². The van der Waals surface area contributed by atoms with E-state index in [2.05, 4.69) is 16.0 Å². The Morgan fingerprint density at radius 2 is 2.29 bits per heavy atom. The highest BCUT2D eigenvalue weighted by Gasteiger charge is 2.16. The molecule has 0 amide bonds. The van der Waals surface area contributed by atoms with E-state index >= 15 is 0 Å². The maximum Gasteiger partial charge on any atom is 0.0741 e. The highest BCUT2D eigenvalue weighted by atomic mass is 16.3. The van der Waals surface area contributed by atoms with E-state index in [-0.39, 0.29) is 0 Å². The summed E-state index contributed by atoms with van der Waals surface area (Å²) in [5, 5.41) is 13.0. The van der Waals surface area contributed by atoms with Gasteiger partial charge in [-0.2, -0.15) is 0 Å². The van der Waals surface area contributed by atoms with Gasteiger partial charge in [0.2, 0.25) is 0 Å². The maximum absolute atomic E-state index is 9.75. The van der Waals surface area contributed by atoms with Crippen molar-refractivity contribution in [2.24, 2.45) is 7.05 Å². The van der Waals surface area contributed by atoms with Crippen molar-refractivity contribution in [3.8, 4) is 0 Å². The zero-order valence-electron chi connectivity index (χ0n) is 9.25. The van der Waals surface area contributed by atoms with Crippen molar-refractivity contribution < 1.29 is 5.11 Å². The third-order valence-electron chi connectivity index (χ3n) is 2.62. The summed E-state index contributed by atoms with van der Waals surface area (Å²) in [6.45, 7) is 5.28. The summed E-state index contributed by atoms with van der Waals surface area (Å²) >= 11 is 0. The lowest BCUT2D eigenvalue weighted by atomic mass is 10.0. The first-order valence-electron chi connectivity index (χ1n) is 5.08. The van der Waals surface area contributed by atoms with E-state index in [4.69, 9.17) is 0 Å². The molecule has 0 radical (unpaired) electrons. The van der Waals surface area contributed by atoms with E-state index < -0.39 is 5.60 Å². The molecule has 0 bridgehead atoms. The van der Waals surface area contributed by atoms with Crippen LogP contribution in [0.1, 0.15) is 26.0 Å². The van der Waals surface area contributed by atoms with Crippen molar-refractivity contribution in [2.45, 2.75) is 32.4 Å². The van der Waals surface area contributed by atoms with Crippen LogP contribution >= 0.6 is 0 Å². The van der Waals surface area contributed by atoms with Gasteiger partial charge in [-0.1, -0.05) is 6.92 Å². The quantitative estimate of drug-likeness (QED) is 0.744. The number of hydrogen-bond acceptors (Lipinski definition) is 2. The number of aliphatic hydroxyl groups is 1. The van der Waals surface area contributed by atoms with Gasteiger partial charge in [-0.15, -0.1) is 0 Å². The molecule has 14 heavy (non-hydrogen) atoms. The van der Waals surface area contributed by atoms with Gasteiger partial charge in [0.1, 0.15) is 0 Å². The van der Waals surface area contributed by atoms with Crippen molar-refractivity contribution >= 4 is 0 Å². The van der Waals surface area contributed by atoms with E-state index in [1.807, 2.05) is 33.2 Å². The average Bonchev–Trinajstić information content (AvgIpc) is 2.52. The molecule has 1 atom stereocenters. The van der Waals surface area contributed by atoms with Crippen LogP contribution in [0.25, 0.3) is 0 Å². The van der Waals surface area contributed by atoms with Crippen LogP contribution in [0.5, 0.6) is 0 Å². The molecular weight excluding hydrogens is 176 g/mol. The van der Waals surface area contributed by atoms with Crippen molar-refractivity contribution in [1.82, 2.24) is 9.88 Å². The summed E-state index contributed by atoms with van der Waals surface area (Å²) in [5.41, 5.74) is 0.641. The van der Waals surface area contributed by atoms with Gasteiger partial charge in [0.15, 0.2) is 0 Å². The Kier molecular flexibility index (Phi) is 3.72. The normalized spacial score (nSPS) is 15.4. The maximum atomic E-state index is 9.75. The summed E-state index contributed by atoms with van der Waals surface area (Å²) < 4.78 is 2.08. The molecule has 2 N–H and O–H groups in total. The molecule has 1 aromatic heterocycles. The third kappa shape index (κ3) is 3.16. The van der Waals surface area contributed by atoms with Crippen LogP contribution in [-0.4, -0.2) is 21.8 Å². The fourth-order valence-electron chi connectivity index (χ4n) is 1.27. The van der Waals surface area contributed by atoms with Crippen molar-refractivity contribution in [1.29, 1.82) is 0 Å². The molecule has 0 fully saturated rings. The predicted octanol–water partition coefficient (Wildman–Crippen LogP) is 1.28. The predicted molar refractivity (Wildman–Crippen MR) is 58.0 cm³/mol. The molecule has 0 unspecified atom stereocenters. The van der Waals surface area contributed by atoms with Crippen molar-refractivity contribution in [3.63, 3.8) is 0 Å². The lowest BCUT2D eigenvalue weighted by molar-refractivity contribution is 0.0554. The topological polar surface area (TPSA) is 37.2 Å². The largest absolute Gasteiger partial charge is 0.389 e. The smallest absolute Gasteiger partial charge is 0.0741 e. The number of nitrogens with zero attached hydrogens (tertiary/aromatic N) is 1. The molecule has 3 nitrogen and oxygen atoms in total. The first kappa shape index (κ1) is 11.3. The van der Waals surface area contributed by atoms with Crippen LogP contribution in [0.3, 0.4) is 0 Å². The molecular formula is C11H20N2O. The van der Waals surface area contributed by atoms with Gasteiger partial charge in [-0.05, 0) is 25.5 Å². The van der Waals surface area contributed by atoms with Crippen molar-refractivity contribution in [2.75, 3.05) is 6.54 Å². The van der Waals surface area contributed by atoms with E-state index in [0.717, 1.165) is 13.0 Å². The summed E-state index contributed by atoms with van der Waals surface area (Å²) in [6, 6.07) is 4.10. The lowest BCUT2D eigenvalue weighted by Crippen LogP contribution is -2.37. The van der Waals surface area contributed by atoms with Gasteiger partial charge in [-0.3, -0.25) is 0 Å². The Labute approximate surface area is 85.7 Å². The summed E-state index contributed by atoms with van der Waals surface area (Å²) in [7, 11) is 2.02. The molecule has 1 heterocycles. The second-order valence-corrected chi connectivity index (χ2v) is 4.06. The highest BCUT2D eigenvalue weighted by molar-refractivity contribution is 5.06. The lowest BCUT2D eigenvalue weighted by Gasteiger charge is -2.21. The Morgan fingerprint density at radius 1 is 1.57 bits per heavy atom. The van der Waals surface area contributed by atoms with Crippen LogP contribution in [0.4, 0.5) is 0 Å². The van der Waals surface area contributed by atoms with E-state index in [9.17, 15) is 5.11 Å². The van der Waals surface area contributed by atoms with Gasteiger partial charge in [-0.25, -0.2) is 0 Å². The van der Waals surface area contributed by atoms with Crippen LogP contribution in [0.15, 0.2) is 18.3 Å². The second kappa shape index (κ2) is 4.62. The van der Waals surface area contributed by atoms with E-state index in [0.29, 0.717) is 6.54 Å². The standard InChI is InChI=1S/C11H20N2O/c1-4-11(2,14)9-12-8-10-6-5-7-13(10)3/h5-7,12,14H,4,8-9H2,1-3H3/t11-/m1/s1.